The topological polar surface area (TPSA) is 87.3 Å². The zero-order valence-electron chi connectivity index (χ0n) is 13.8. The Morgan fingerprint density at radius 3 is 2.83 bits per heavy atom. The van der Waals surface area contributed by atoms with Crippen molar-refractivity contribution in [3.8, 4) is 0 Å². The van der Waals surface area contributed by atoms with Crippen LogP contribution in [-0.2, 0) is 22.5 Å². The van der Waals surface area contributed by atoms with Gasteiger partial charge in [0.05, 0.1) is 6.42 Å². The summed E-state index contributed by atoms with van der Waals surface area (Å²) in [6.45, 7) is 3.58. The zero-order chi connectivity index (χ0) is 17.7. The molecule has 7 nitrogen and oxygen atoms in total. The van der Waals surface area contributed by atoms with Gasteiger partial charge in [0.1, 0.15) is 18.8 Å². The van der Waals surface area contributed by atoms with Gasteiger partial charge in [0.25, 0.3) is 0 Å². The molecule has 128 valence electrons. The summed E-state index contributed by atoms with van der Waals surface area (Å²) < 4.78 is 6.84. The van der Waals surface area contributed by atoms with E-state index in [1.165, 1.54) is 10.8 Å². The smallest absolute Gasteiger partial charge is 0.342 e. The van der Waals surface area contributed by atoms with Crippen molar-refractivity contribution < 1.29 is 14.5 Å². The molecule has 8 heteroatoms. The van der Waals surface area contributed by atoms with E-state index < -0.39 is 11.0 Å². The van der Waals surface area contributed by atoms with Gasteiger partial charge in [-0.1, -0.05) is 18.2 Å². The number of carbonyl (C=O) groups is 1. The first-order valence-corrected chi connectivity index (χ1v) is 8.62. The van der Waals surface area contributed by atoms with Crippen LogP contribution >= 0.6 is 11.8 Å². The number of hydrogen-bond donors (Lipinski definition) is 0. The highest BCUT2D eigenvalue weighted by molar-refractivity contribution is 7.98. The maximum Gasteiger partial charge on any atom is 0.342 e. The summed E-state index contributed by atoms with van der Waals surface area (Å²) in [5, 5.41) is 11.0. The highest BCUT2D eigenvalue weighted by Crippen LogP contribution is 2.21. The number of rotatable bonds is 7. The third kappa shape index (κ3) is 4.35. The van der Waals surface area contributed by atoms with Gasteiger partial charge in [-0.25, -0.2) is 9.55 Å². The predicted molar refractivity (Wildman–Crippen MR) is 91.1 cm³/mol. The van der Waals surface area contributed by atoms with Crippen LogP contribution in [0.4, 0.5) is 5.82 Å². The molecule has 0 saturated carbocycles. The lowest BCUT2D eigenvalue weighted by Gasteiger charge is -2.13. The number of aromatic nitrogens is 2. The van der Waals surface area contributed by atoms with Gasteiger partial charge in [-0.3, -0.25) is 4.79 Å². The fraction of sp³-hybridized carbons (Fsp3) is 0.375. The molecule has 0 aliphatic carbocycles. The Balaban J connectivity index is 2.00. The molecule has 2 aromatic rings. The van der Waals surface area contributed by atoms with Crippen LogP contribution in [-0.4, -0.2) is 32.8 Å². The van der Waals surface area contributed by atoms with Gasteiger partial charge >= 0.3 is 11.8 Å². The lowest BCUT2D eigenvalue weighted by atomic mass is 10.1. The van der Waals surface area contributed by atoms with Crippen LogP contribution in [0, 0.1) is 17.0 Å². The molecule has 0 N–H and O–H groups in total. The monoisotopic (exact) mass is 349 g/mol. The highest BCUT2D eigenvalue weighted by atomic mass is 32.2. The van der Waals surface area contributed by atoms with E-state index in [9.17, 15) is 14.9 Å². The predicted octanol–water partition coefficient (Wildman–Crippen LogP) is 3.00. The fourth-order valence-corrected chi connectivity index (χ4v) is 3.01. The van der Waals surface area contributed by atoms with Crippen LogP contribution in [0.1, 0.15) is 18.3 Å². The molecule has 0 spiro atoms. The number of hydrogen-bond acceptors (Lipinski definition) is 6. The second-order valence-corrected chi connectivity index (χ2v) is 6.17. The quantitative estimate of drug-likeness (QED) is 0.330. The molecule has 0 saturated heterocycles. The van der Waals surface area contributed by atoms with Gasteiger partial charge in [-0.15, -0.1) is 11.8 Å². The first-order chi connectivity index (χ1) is 11.4. The van der Waals surface area contributed by atoms with Crippen LogP contribution < -0.4 is 0 Å². The van der Waals surface area contributed by atoms with E-state index in [1.54, 1.807) is 25.6 Å². The number of esters is 1. The number of imidazole rings is 1. The minimum Gasteiger partial charge on any atom is -0.458 e. The lowest BCUT2D eigenvalue weighted by Crippen LogP contribution is -2.23. The molecule has 0 amide bonds. The molecule has 1 aromatic heterocycles. The second kappa shape index (κ2) is 7.96. The minimum atomic E-state index is -0.497. The van der Waals surface area contributed by atoms with E-state index in [4.69, 9.17) is 4.74 Å². The van der Waals surface area contributed by atoms with Gasteiger partial charge in [0, 0.05) is 11.8 Å². The van der Waals surface area contributed by atoms with Crippen LogP contribution in [0.15, 0.2) is 35.4 Å². The Bertz CT molecular complexity index is 745. The number of thioether (sulfide) groups is 1. The fourth-order valence-electron chi connectivity index (χ4n) is 2.39. The second-order valence-electron chi connectivity index (χ2n) is 5.32. The third-order valence-corrected chi connectivity index (χ3v) is 4.36. The number of aryl methyl sites for hydroxylation is 1. The van der Waals surface area contributed by atoms with E-state index in [-0.39, 0.29) is 24.8 Å². The third-order valence-electron chi connectivity index (χ3n) is 3.52. The first-order valence-electron chi connectivity index (χ1n) is 7.40. The Hall–Kier alpha value is -2.35. The van der Waals surface area contributed by atoms with Crippen molar-refractivity contribution in [3.63, 3.8) is 0 Å². The first kappa shape index (κ1) is 18.0. The molecule has 0 aliphatic heterocycles. The normalized spacial score (nSPS) is 12.0. The van der Waals surface area contributed by atoms with Gasteiger partial charge < -0.3 is 14.9 Å². The maximum absolute atomic E-state index is 12.1. The standard InChI is InChI=1S/C16H19N3O4S/c1-11(10-18-12(2)17-9-15(18)19(21)22)23-16(20)8-13-6-4-5-7-14(13)24-3/h4-7,9,11H,8,10H2,1-3H3. The van der Waals surface area contributed by atoms with Crippen LogP contribution in [0.2, 0.25) is 0 Å². The van der Waals surface area contributed by atoms with Gasteiger partial charge in [0.15, 0.2) is 5.82 Å². The molecule has 24 heavy (non-hydrogen) atoms. The molecule has 1 heterocycles. The van der Waals surface area contributed by atoms with Crippen molar-refractivity contribution in [2.24, 2.45) is 0 Å². The van der Waals surface area contributed by atoms with E-state index in [1.807, 2.05) is 30.5 Å². The van der Waals surface area contributed by atoms with E-state index in [2.05, 4.69) is 4.98 Å². The largest absolute Gasteiger partial charge is 0.458 e. The molecule has 0 aliphatic rings. The van der Waals surface area contributed by atoms with E-state index >= 15 is 0 Å². The summed E-state index contributed by atoms with van der Waals surface area (Å²) in [6.07, 6.45) is 2.84. The summed E-state index contributed by atoms with van der Waals surface area (Å²) in [7, 11) is 0. The summed E-state index contributed by atoms with van der Waals surface area (Å²) in [4.78, 5) is 27.6. The van der Waals surface area contributed by atoms with Crippen molar-refractivity contribution >= 4 is 23.5 Å². The summed E-state index contributed by atoms with van der Waals surface area (Å²) in [5.74, 6) is 0.0462. The van der Waals surface area contributed by atoms with Crippen molar-refractivity contribution in [1.82, 2.24) is 9.55 Å². The SMILES string of the molecule is CSc1ccccc1CC(=O)OC(C)Cn1c([N+](=O)[O-])cnc1C. The number of carbonyl (C=O) groups excluding carboxylic acids is 1. The maximum atomic E-state index is 12.1. The molecule has 0 fully saturated rings. The zero-order valence-corrected chi connectivity index (χ0v) is 14.6. The summed E-state index contributed by atoms with van der Waals surface area (Å²) >= 11 is 1.57. The molecule has 1 aromatic carbocycles. The van der Waals surface area contributed by atoms with Crippen molar-refractivity contribution in [2.75, 3.05) is 6.26 Å². The van der Waals surface area contributed by atoms with Gasteiger partial charge in [0.2, 0.25) is 0 Å². The summed E-state index contributed by atoms with van der Waals surface area (Å²) in [6, 6.07) is 7.64. The average molecular weight is 349 g/mol. The Morgan fingerprint density at radius 1 is 1.46 bits per heavy atom. The number of ether oxygens (including phenoxy) is 1. The highest BCUT2D eigenvalue weighted by Gasteiger charge is 2.21. The van der Waals surface area contributed by atoms with Crippen LogP contribution in [0.5, 0.6) is 0 Å². The molecule has 2 rings (SSSR count). The van der Waals surface area contributed by atoms with Crippen LogP contribution in [0.25, 0.3) is 0 Å². The van der Waals surface area contributed by atoms with Gasteiger partial charge in [-0.05, 0) is 29.7 Å². The molecular weight excluding hydrogens is 330 g/mol. The van der Waals surface area contributed by atoms with Crippen molar-refractivity contribution in [2.45, 2.75) is 37.8 Å². The number of nitro groups is 1. The number of nitrogens with zero attached hydrogens (tertiary/aromatic N) is 3. The average Bonchev–Trinajstić information content (AvgIpc) is 2.88. The van der Waals surface area contributed by atoms with E-state index in [0.29, 0.717) is 5.82 Å². The summed E-state index contributed by atoms with van der Waals surface area (Å²) in [5.41, 5.74) is 0.909. The Kier molecular flexibility index (Phi) is 5.97. The van der Waals surface area contributed by atoms with Gasteiger partial charge in [-0.2, -0.15) is 0 Å². The van der Waals surface area contributed by atoms with Crippen molar-refractivity contribution in [1.29, 1.82) is 0 Å². The molecular formula is C16H19N3O4S. The molecule has 0 radical (unpaired) electrons. The van der Waals surface area contributed by atoms with E-state index in [0.717, 1.165) is 10.5 Å². The Morgan fingerprint density at radius 2 is 2.17 bits per heavy atom. The van der Waals surface area contributed by atoms with Crippen molar-refractivity contribution in [3.05, 3.63) is 52.0 Å². The minimum absolute atomic E-state index is 0.108. The Labute approximate surface area is 144 Å². The molecule has 1 atom stereocenters. The lowest BCUT2D eigenvalue weighted by molar-refractivity contribution is -0.392. The molecule has 0 bridgehead atoms. The molecule has 1 unspecified atom stereocenters. The number of benzene rings is 1. The van der Waals surface area contributed by atoms with Crippen LogP contribution in [0.3, 0.4) is 0 Å².